The number of carbonyl (C=O) groups is 1. The molecule has 0 heterocycles. The Morgan fingerprint density at radius 3 is 2.25 bits per heavy atom. The Kier molecular flexibility index (Phi) is 6.70. The highest BCUT2D eigenvalue weighted by Crippen LogP contribution is 2.21. The molecule has 1 rings (SSSR count). The number of nitrogens with one attached hydrogen (secondary N) is 1. The molecule has 0 radical (unpaired) electrons. The van der Waals surface area contributed by atoms with Crippen molar-refractivity contribution in [2.45, 2.75) is 49.9 Å². The standard InChI is InChI=1S/C15H22FNO6S/c1-15(2,3)23-14(20)17-9-8-12(18)13(19)10-4-6-11(7-5-10)24(16,21)22/h4-7,12-13,18-19H,8-9H2,1-3H3,(H,17,20). The molecule has 0 aromatic heterocycles. The maximum atomic E-state index is 12.8. The average Bonchev–Trinajstić information content (AvgIpc) is 2.43. The lowest BCUT2D eigenvalue weighted by molar-refractivity contribution is 0.0123. The summed E-state index contributed by atoms with van der Waals surface area (Å²) in [6, 6.07) is 4.42. The van der Waals surface area contributed by atoms with Gasteiger partial charge in [-0.3, -0.25) is 0 Å². The van der Waals surface area contributed by atoms with Crippen LogP contribution in [0, 0.1) is 0 Å². The lowest BCUT2D eigenvalue weighted by Gasteiger charge is -2.21. The molecule has 0 fully saturated rings. The maximum absolute atomic E-state index is 12.8. The minimum absolute atomic E-state index is 0.0452. The predicted molar refractivity (Wildman–Crippen MR) is 84.6 cm³/mol. The van der Waals surface area contributed by atoms with Crippen molar-refractivity contribution in [3.63, 3.8) is 0 Å². The van der Waals surface area contributed by atoms with Gasteiger partial charge in [0.25, 0.3) is 0 Å². The van der Waals surface area contributed by atoms with Gasteiger partial charge in [0.1, 0.15) is 11.7 Å². The fourth-order valence-corrected chi connectivity index (χ4v) is 2.31. The van der Waals surface area contributed by atoms with Crippen LogP contribution in [0.3, 0.4) is 0 Å². The number of hydrogen-bond donors (Lipinski definition) is 3. The molecule has 0 bridgehead atoms. The van der Waals surface area contributed by atoms with Crippen LogP contribution in [0.15, 0.2) is 29.2 Å². The summed E-state index contributed by atoms with van der Waals surface area (Å²) in [4.78, 5) is 10.9. The minimum atomic E-state index is -4.81. The van der Waals surface area contributed by atoms with Crippen molar-refractivity contribution in [3.05, 3.63) is 29.8 Å². The summed E-state index contributed by atoms with van der Waals surface area (Å²) in [5.41, 5.74) is -0.409. The molecule has 1 aromatic rings. The van der Waals surface area contributed by atoms with Crippen molar-refractivity contribution < 1.29 is 32.0 Å². The Labute approximate surface area is 140 Å². The largest absolute Gasteiger partial charge is 0.444 e. The zero-order valence-corrected chi connectivity index (χ0v) is 14.5. The lowest BCUT2D eigenvalue weighted by Crippen LogP contribution is -2.34. The Hall–Kier alpha value is -1.71. The van der Waals surface area contributed by atoms with Crippen molar-refractivity contribution >= 4 is 16.3 Å². The van der Waals surface area contributed by atoms with E-state index in [2.05, 4.69) is 5.32 Å². The van der Waals surface area contributed by atoms with E-state index in [-0.39, 0.29) is 18.5 Å². The number of benzene rings is 1. The van der Waals surface area contributed by atoms with Gasteiger partial charge in [-0.15, -0.1) is 3.89 Å². The third-order valence-electron chi connectivity index (χ3n) is 2.98. The second kappa shape index (κ2) is 7.91. The Morgan fingerprint density at radius 2 is 1.79 bits per heavy atom. The summed E-state index contributed by atoms with van der Waals surface area (Å²) in [5, 5.41) is 22.4. The molecule has 0 aliphatic heterocycles. The van der Waals surface area contributed by atoms with Gasteiger partial charge in [-0.1, -0.05) is 12.1 Å². The van der Waals surface area contributed by atoms with E-state index in [1.807, 2.05) is 0 Å². The lowest BCUT2D eigenvalue weighted by atomic mass is 10.0. The fourth-order valence-electron chi connectivity index (χ4n) is 1.84. The highest BCUT2D eigenvalue weighted by molar-refractivity contribution is 7.86. The molecule has 3 N–H and O–H groups in total. The first-order valence-electron chi connectivity index (χ1n) is 7.28. The number of aliphatic hydroxyl groups is 2. The number of hydrogen-bond acceptors (Lipinski definition) is 6. The van der Waals surface area contributed by atoms with Crippen LogP contribution in [-0.2, 0) is 15.0 Å². The quantitative estimate of drug-likeness (QED) is 0.663. The first-order chi connectivity index (χ1) is 10.9. The third kappa shape index (κ3) is 6.81. The minimum Gasteiger partial charge on any atom is -0.444 e. The zero-order valence-electron chi connectivity index (χ0n) is 13.7. The summed E-state index contributed by atoms with van der Waals surface area (Å²) < 4.78 is 39.2. The van der Waals surface area contributed by atoms with Crippen LogP contribution in [0.5, 0.6) is 0 Å². The van der Waals surface area contributed by atoms with Crippen LogP contribution < -0.4 is 5.32 Å². The number of alkyl carbamates (subject to hydrolysis) is 1. The van der Waals surface area contributed by atoms with E-state index in [4.69, 9.17) is 4.74 Å². The molecule has 2 unspecified atom stereocenters. The van der Waals surface area contributed by atoms with Crippen LogP contribution in [0.25, 0.3) is 0 Å². The topological polar surface area (TPSA) is 113 Å². The molecule has 24 heavy (non-hydrogen) atoms. The van der Waals surface area contributed by atoms with Gasteiger partial charge < -0.3 is 20.3 Å². The first kappa shape index (κ1) is 20.3. The maximum Gasteiger partial charge on any atom is 0.407 e. The van der Waals surface area contributed by atoms with Gasteiger partial charge in [-0.2, -0.15) is 8.42 Å². The summed E-state index contributed by atoms with van der Waals surface area (Å²) >= 11 is 0. The highest BCUT2D eigenvalue weighted by Gasteiger charge is 2.21. The average molecular weight is 363 g/mol. The monoisotopic (exact) mass is 363 g/mol. The second-order valence-corrected chi connectivity index (χ2v) is 7.58. The second-order valence-electron chi connectivity index (χ2n) is 6.24. The molecule has 0 saturated carbocycles. The van der Waals surface area contributed by atoms with Crippen molar-refractivity contribution in [1.82, 2.24) is 5.32 Å². The van der Waals surface area contributed by atoms with Gasteiger partial charge in [-0.25, -0.2) is 4.79 Å². The first-order valence-corrected chi connectivity index (χ1v) is 8.66. The van der Waals surface area contributed by atoms with E-state index in [0.717, 1.165) is 12.1 Å². The number of aliphatic hydroxyl groups excluding tert-OH is 2. The summed E-state index contributed by atoms with van der Waals surface area (Å²) in [5.74, 6) is 0. The van der Waals surface area contributed by atoms with Gasteiger partial charge in [0, 0.05) is 6.54 Å². The molecule has 7 nitrogen and oxygen atoms in total. The van der Waals surface area contributed by atoms with E-state index in [9.17, 15) is 27.3 Å². The van der Waals surface area contributed by atoms with Crippen LogP contribution in [0.4, 0.5) is 8.68 Å². The number of carbonyl (C=O) groups excluding carboxylic acids is 1. The Bertz CT molecular complexity index is 654. The van der Waals surface area contributed by atoms with E-state index in [1.165, 1.54) is 12.1 Å². The molecule has 0 aliphatic carbocycles. The normalized spacial score (nSPS) is 14.8. The van der Waals surface area contributed by atoms with Gasteiger partial charge in [-0.05, 0) is 44.9 Å². The number of ether oxygens (including phenoxy) is 1. The summed E-state index contributed by atoms with van der Waals surface area (Å²) in [6.07, 6.45) is -3.10. The number of halogens is 1. The van der Waals surface area contributed by atoms with Crippen molar-refractivity contribution in [1.29, 1.82) is 0 Å². The molecule has 0 saturated heterocycles. The van der Waals surface area contributed by atoms with Gasteiger partial charge in [0.2, 0.25) is 0 Å². The van der Waals surface area contributed by atoms with E-state index in [0.29, 0.717) is 0 Å². The molecule has 1 amide bonds. The van der Waals surface area contributed by atoms with Crippen molar-refractivity contribution in [2.75, 3.05) is 6.54 Å². The third-order valence-corrected chi connectivity index (χ3v) is 3.81. The predicted octanol–water partition coefficient (Wildman–Crippen LogP) is 1.65. The van der Waals surface area contributed by atoms with Gasteiger partial charge in [0.15, 0.2) is 0 Å². The zero-order chi connectivity index (χ0) is 18.5. The van der Waals surface area contributed by atoms with E-state index in [1.54, 1.807) is 20.8 Å². The summed E-state index contributed by atoms with van der Waals surface area (Å²) in [6.45, 7) is 5.22. The molecule has 1 aromatic carbocycles. The SMILES string of the molecule is CC(C)(C)OC(=O)NCCC(O)C(O)c1ccc(S(=O)(=O)F)cc1. The fraction of sp³-hybridized carbons (Fsp3) is 0.533. The highest BCUT2D eigenvalue weighted by atomic mass is 32.3. The Balaban J connectivity index is 2.53. The smallest absolute Gasteiger partial charge is 0.407 e. The van der Waals surface area contributed by atoms with Crippen LogP contribution in [0.1, 0.15) is 38.9 Å². The Morgan fingerprint density at radius 1 is 1.25 bits per heavy atom. The van der Waals surface area contributed by atoms with Gasteiger partial charge >= 0.3 is 16.3 Å². The summed E-state index contributed by atoms with van der Waals surface area (Å²) in [7, 11) is -4.81. The molecular formula is C15H22FNO6S. The van der Waals surface area contributed by atoms with Crippen molar-refractivity contribution in [2.24, 2.45) is 0 Å². The van der Waals surface area contributed by atoms with E-state index < -0.39 is 39.0 Å². The molecule has 0 spiro atoms. The van der Waals surface area contributed by atoms with Gasteiger partial charge in [0.05, 0.1) is 11.0 Å². The molecule has 2 atom stereocenters. The van der Waals surface area contributed by atoms with Crippen LogP contribution in [-0.4, -0.2) is 43.0 Å². The molecule has 9 heteroatoms. The number of rotatable bonds is 6. The van der Waals surface area contributed by atoms with Crippen LogP contribution in [0.2, 0.25) is 0 Å². The van der Waals surface area contributed by atoms with E-state index >= 15 is 0 Å². The molecular weight excluding hydrogens is 341 g/mol. The number of amides is 1. The van der Waals surface area contributed by atoms with Crippen molar-refractivity contribution in [3.8, 4) is 0 Å². The molecule has 0 aliphatic rings. The molecule has 136 valence electrons. The van der Waals surface area contributed by atoms with Crippen LogP contribution >= 0.6 is 0 Å².